The average molecular weight is 495 g/mol. The number of rotatable bonds is 14. The van der Waals surface area contributed by atoms with Crippen LogP contribution in [0, 0.1) is 0 Å². The van der Waals surface area contributed by atoms with Crippen LogP contribution in [0.25, 0.3) is 3.59 Å². The summed E-state index contributed by atoms with van der Waals surface area (Å²) >= 11 is -2.77. The Morgan fingerprint density at radius 3 is 1.79 bits per heavy atom. The number of methoxy groups -OCH3 is 1. The molecule has 0 spiro atoms. The van der Waals surface area contributed by atoms with Gasteiger partial charge < -0.3 is 0 Å². The number of carbonyl (C=O) groups is 1. The molecule has 0 aromatic heterocycles. The predicted octanol–water partition coefficient (Wildman–Crippen LogP) is 7.03. The van der Waals surface area contributed by atoms with Crippen molar-refractivity contribution in [2.75, 3.05) is 13.7 Å². The van der Waals surface area contributed by atoms with Crippen molar-refractivity contribution in [1.82, 2.24) is 0 Å². The van der Waals surface area contributed by atoms with Gasteiger partial charge >= 0.3 is 177 Å². The van der Waals surface area contributed by atoms with Gasteiger partial charge in [-0.2, -0.15) is 0 Å². The molecular weight excluding hydrogens is 455 g/mol. The summed E-state index contributed by atoms with van der Waals surface area (Å²) in [5.41, 5.74) is 1.20. The van der Waals surface area contributed by atoms with Gasteiger partial charge in [0.15, 0.2) is 0 Å². The summed E-state index contributed by atoms with van der Waals surface area (Å²) in [6.07, 6.45) is 9.30. The summed E-state index contributed by atoms with van der Waals surface area (Å²) in [6, 6.07) is 8.31. The van der Waals surface area contributed by atoms with E-state index in [-0.39, 0.29) is 5.97 Å². The quantitative estimate of drug-likeness (QED) is 0.158. The molecule has 28 heavy (non-hydrogen) atoms. The number of unbranched alkanes of at least 4 members (excludes halogenated alkanes) is 3. The molecule has 1 aromatic carbocycles. The van der Waals surface area contributed by atoms with Crippen LogP contribution in [-0.4, -0.2) is 38.1 Å². The third kappa shape index (κ3) is 7.81. The fraction of sp³-hybridized carbons (Fsp3) is 0.625. The van der Waals surface area contributed by atoms with Crippen molar-refractivity contribution < 1.29 is 14.3 Å². The van der Waals surface area contributed by atoms with E-state index in [2.05, 4.69) is 32.9 Å². The first-order valence-corrected chi connectivity index (χ1v) is 18.6. The third-order valence-electron chi connectivity index (χ3n) is 5.55. The zero-order chi connectivity index (χ0) is 20.8. The van der Waals surface area contributed by atoms with E-state index >= 15 is 0 Å². The van der Waals surface area contributed by atoms with Gasteiger partial charge in [0.2, 0.25) is 0 Å². The van der Waals surface area contributed by atoms with E-state index < -0.39 is 18.4 Å². The molecule has 0 saturated carbocycles. The normalized spacial score (nSPS) is 12.1. The van der Waals surface area contributed by atoms with E-state index in [4.69, 9.17) is 9.47 Å². The summed E-state index contributed by atoms with van der Waals surface area (Å²) < 4.78 is 16.0. The standard InChI is InChI=1S/C12H13O3.3C4H9.Sn/c1-3-15-12(13)9-6-10-4-7-11(14-2)8-5-10;3*1-3-4-2;/h4-5,7-9H,3H2,1-2H3;3*1,3-4H2,2H3;. The van der Waals surface area contributed by atoms with Gasteiger partial charge in [-0.1, -0.05) is 0 Å². The zero-order valence-electron chi connectivity index (χ0n) is 18.7. The molecule has 0 aliphatic heterocycles. The van der Waals surface area contributed by atoms with Crippen molar-refractivity contribution in [2.45, 2.75) is 79.5 Å². The Labute approximate surface area is 176 Å². The van der Waals surface area contributed by atoms with E-state index in [1.165, 1.54) is 61.0 Å². The van der Waals surface area contributed by atoms with Crippen LogP contribution in [0.3, 0.4) is 0 Å². The SMILES string of the molecule is CCC[CH2][Sn]([CH2]CCC)([CH2]CCC)/[C](=C\C(=O)OCC)c1ccc(OC)cc1. The van der Waals surface area contributed by atoms with Gasteiger partial charge in [-0.25, -0.2) is 0 Å². The van der Waals surface area contributed by atoms with E-state index in [9.17, 15) is 4.79 Å². The van der Waals surface area contributed by atoms with E-state index in [0.29, 0.717) is 6.61 Å². The van der Waals surface area contributed by atoms with Crippen LogP contribution in [0.15, 0.2) is 30.3 Å². The van der Waals surface area contributed by atoms with Crippen molar-refractivity contribution in [3.05, 3.63) is 35.9 Å². The fourth-order valence-corrected chi connectivity index (χ4v) is 20.6. The van der Waals surface area contributed by atoms with Crippen LogP contribution in [0.1, 0.15) is 71.8 Å². The predicted molar refractivity (Wildman–Crippen MR) is 123 cm³/mol. The van der Waals surface area contributed by atoms with Crippen LogP contribution in [0.4, 0.5) is 0 Å². The summed E-state index contributed by atoms with van der Waals surface area (Å²) in [6.45, 7) is 9.13. The average Bonchev–Trinajstić information content (AvgIpc) is 2.72. The van der Waals surface area contributed by atoms with Crippen molar-refractivity contribution in [3.63, 3.8) is 0 Å². The number of esters is 1. The molecule has 0 unspecified atom stereocenters. The van der Waals surface area contributed by atoms with Gasteiger partial charge in [-0.15, -0.1) is 0 Å². The minimum absolute atomic E-state index is 0.182. The van der Waals surface area contributed by atoms with Crippen LogP contribution in [-0.2, 0) is 9.53 Å². The van der Waals surface area contributed by atoms with Gasteiger partial charge in [0.25, 0.3) is 0 Å². The Hall–Kier alpha value is -0.971. The van der Waals surface area contributed by atoms with Gasteiger partial charge in [0.1, 0.15) is 0 Å². The first-order valence-electron chi connectivity index (χ1n) is 11.1. The van der Waals surface area contributed by atoms with Crippen LogP contribution in [0.5, 0.6) is 5.75 Å². The molecule has 158 valence electrons. The molecule has 0 N–H and O–H groups in total. The first-order chi connectivity index (χ1) is 13.6. The second-order valence-corrected chi connectivity index (χ2v) is 20.8. The Bertz CT molecular complexity index is 571. The summed E-state index contributed by atoms with van der Waals surface area (Å²) in [7, 11) is 1.69. The molecule has 0 heterocycles. The molecule has 0 fully saturated rings. The van der Waals surface area contributed by atoms with Crippen molar-refractivity contribution in [1.29, 1.82) is 0 Å². The summed E-state index contributed by atoms with van der Waals surface area (Å²) in [5.74, 6) is 0.676. The molecule has 0 amide bonds. The van der Waals surface area contributed by atoms with Crippen LogP contribution >= 0.6 is 0 Å². The second-order valence-electron chi connectivity index (χ2n) is 7.63. The van der Waals surface area contributed by atoms with Crippen molar-refractivity contribution in [2.24, 2.45) is 0 Å². The molecule has 0 radical (unpaired) electrons. The second kappa shape index (κ2) is 14.1. The third-order valence-corrected chi connectivity index (χ3v) is 21.3. The molecule has 1 rings (SSSR count). The fourth-order valence-electron chi connectivity index (χ4n) is 3.94. The minimum atomic E-state index is -2.77. The molecule has 0 aliphatic carbocycles. The van der Waals surface area contributed by atoms with E-state index in [0.717, 1.165) is 5.75 Å². The number of hydrogen-bond donors (Lipinski definition) is 0. The van der Waals surface area contributed by atoms with Crippen LogP contribution < -0.4 is 4.74 Å². The van der Waals surface area contributed by atoms with Gasteiger partial charge in [0.05, 0.1) is 0 Å². The molecule has 4 heteroatoms. The first kappa shape index (κ1) is 25.1. The number of benzene rings is 1. The molecule has 0 saturated heterocycles. The molecule has 3 nitrogen and oxygen atoms in total. The van der Waals surface area contributed by atoms with Crippen molar-refractivity contribution in [3.8, 4) is 5.75 Å². The number of ether oxygens (including phenoxy) is 2. The van der Waals surface area contributed by atoms with Gasteiger partial charge in [-0.3, -0.25) is 0 Å². The van der Waals surface area contributed by atoms with E-state index in [1.807, 2.05) is 25.1 Å². The maximum absolute atomic E-state index is 12.5. The number of carbonyl (C=O) groups excluding carboxylic acids is 1. The van der Waals surface area contributed by atoms with Crippen molar-refractivity contribution >= 4 is 27.9 Å². The van der Waals surface area contributed by atoms with Crippen LogP contribution in [0.2, 0.25) is 13.3 Å². The Kier molecular flexibility index (Phi) is 12.6. The Morgan fingerprint density at radius 1 is 0.893 bits per heavy atom. The molecule has 0 atom stereocenters. The summed E-state index contributed by atoms with van der Waals surface area (Å²) in [4.78, 5) is 12.5. The van der Waals surface area contributed by atoms with Gasteiger partial charge in [0, 0.05) is 0 Å². The topological polar surface area (TPSA) is 35.5 Å². The molecule has 0 bridgehead atoms. The Balaban J connectivity index is 3.49. The number of hydrogen-bond acceptors (Lipinski definition) is 3. The molecule has 1 aromatic rings. The maximum atomic E-state index is 12.5. The monoisotopic (exact) mass is 496 g/mol. The van der Waals surface area contributed by atoms with Gasteiger partial charge in [-0.05, 0) is 0 Å². The molecule has 0 aliphatic rings. The summed E-state index contributed by atoms with van der Waals surface area (Å²) in [5, 5.41) is 0. The van der Waals surface area contributed by atoms with E-state index in [1.54, 1.807) is 7.11 Å². The molecular formula is C24H40O3Sn. The Morgan fingerprint density at radius 2 is 1.39 bits per heavy atom. The zero-order valence-corrected chi connectivity index (χ0v) is 21.5.